The number of thiophene rings is 1. The molecular formula is C15H20ClN3OS2. The normalized spacial score (nSPS) is 21.2. The van der Waals surface area contributed by atoms with E-state index >= 15 is 0 Å². The Hall–Kier alpha value is -0.950. The van der Waals surface area contributed by atoms with Gasteiger partial charge in [-0.25, -0.2) is 4.98 Å². The summed E-state index contributed by atoms with van der Waals surface area (Å²) in [5.74, 6) is 0.0958. The predicted molar refractivity (Wildman–Crippen MR) is 96.0 cm³/mol. The molecule has 1 aliphatic rings. The summed E-state index contributed by atoms with van der Waals surface area (Å²) in [6.07, 6.45) is 3.79. The van der Waals surface area contributed by atoms with Gasteiger partial charge < -0.3 is 11.1 Å². The number of anilines is 1. The molecule has 1 amide bonds. The number of amides is 1. The molecule has 2 unspecified atom stereocenters. The molecule has 3 rings (SSSR count). The van der Waals surface area contributed by atoms with Crippen molar-refractivity contribution in [3.63, 3.8) is 0 Å². The van der Waals surface area contributed by atoms with Crippen LogP contribution in [-0.4, -0.2) is 16.9 Å². The van der Waals surface area contributed by atoms with Gasteiger partial charge in [0.05, 0.1) is 10.6 Å². The number of rotatable bonds is 3. The van der Waals surface area contributed by atoms with Gasteiger partial charge in [0.1, 0.15) is 0 Å². The first-order valence-corrected chi connectivity index (χ1v) is 8.90. The maximum atomic E-state index is 12.3. The molecule has 120 valence electrons. The van der Waals surface area contributed by atoms with Crippen LogP contribution in [0.25, 0.3) is 10.6 Å². The standard InChI is InChI=1S/C15H19N3OS2.ClH/c1-9-5-6-13(21-9)12-8-20-15(17-12)18-14(19)10-3-2-4-11(16)7-10;/h5-6,8,10-11H,2-4,7,16H2,1H3,(H,17,18,19);1H. The molecule has 0 aromatic carbocycles. The molecule has 2 aromatic rings. The van der Waals surface area contributed by atoms with E-state index in [4.69, 9.17) is 5.73 Å². The van der Waals surface area contributed by atoms with Crippen molar-refractivity contribution in [3.05, 3.63) is 22.4 Å². The van der Waals surface area contributed by atoms with Crippen LogP contribution in [0.5, 0.6) is 0 Å². The third-order valence-electron chi connectivity index (χ3n) is 3.81. The van der Waals surface area contributed by atoms with Gasteiger partial charge in [-0.15, -0.1) is 35.1 Å². The largest absolute Gasteiger partial charge is 0.328 e. The average molecular weight is 358 g/mol. The van der Waals surface area contributed by atoms with Gasteiger partial charge in [0.25, 0.3) is 0 Å². The summed E-state index contributed by atoms with van der Waals surface area (Å²) in [6.45, 7) is 2.08. The fraction of sp³-hybridized carbons (Fsp3) is 0.467. The lowest BCUT2D eigenvalue weighted by Crippen LogP contribution is -2.34. The maximum Gasteiger partial charge on any atom is 0.229 e. The van der Waals surface area contributed by atoms with Crippen LogP contribution in [0.2, 0.25) is 0 Å². The Morgan fingerprint density at radius 1 is 1.41 bits per heavy atom. The van der Waals surface area contributed by atoms with E-state index < -0.39 is 0 Å². The van der Waals surface area contributed by atoms with Gasteiger partial charge in [0.2, 0.25) is 5.91 Å². The van der Waals surface area contributed by atoms with Crippen molar-refractivity contribution in [2.75, 3.05) is 5.32 Å². The number of nitrogens with one attached hydrogen (secondary N) is 1. The van der Waals surface area contributed by atoms with Crippen LogP contribution in [-0.2, 0) is 4.79 Å². The summed E-state index contributed by atoms with van der Waals surface area (Å²) < 4.78 is 0. The molecule has 0 aliphatic heterocycles. The first-order valence-electron chi connectivity index (χ1n) is 7.20. The second-order valence-electron chi connectivity index (χ2n) is 5.56. The zero-order valence-corrected chi connectivity index (χ0v) is 14.8. The number of halogens is 1. The maximum absolute atomic E-state index is 12.3. The Labute approximate surface area is 144 Å². The summed E-state index contributed by atoms with van der Waals surface area (Å²) in [4.78, 5) is 19.2. The molecule has 1 saturated carbocycles. The molecular weight excluding hydrogens is 338 g/mol. The Kier molecular flexibility index (Phi) is 5.97. The van der Waals surface area contributed by atoms with Crippen molar-refractivity contribution in [2.45, 2.75) is 38.6 Å². The predicted octanol–water partition coefficient (Wildman–Crippen LogP) is 4.06. The first-order chi connectivity index (χ1) is 10.1. The van der Waals surface area contributed by atoms with E-state index in [1.807, 2.05) is 5.38 Å². The third kappa shape index (κ3) is 4.07. The number of carbonyl (C=O) groups is 1. The highest BCUT2D eigenvalue weighted by Crippen LogP contribution is 2.31. The minimum Gasteiger partial charge on any atom is -0.328 e. The lowest BCUT2D eigenvalue weighted by molar-refractivity contribution is -0.120. The lowest BCUT2D eigenvalue weighted by Gasteiger charge is -2.25. The third-order valence-corrected chi connectivity index (χ3v) is 5.59. The molecule has 2 heterocycles. The summed E-state index contributed by atoms with van der Waals surface area (Å²) in [6, 6.07) is 4.32. The smallest absolute Gasteiger partial charge is 0.229 e. The highest BCUT2D eigenvalue weighted by molar-refractivity contribution is 7.17. The van der Waals surface area contributed by atoms with Crippen LogP contribution in [0.15, 0.2) is 17.5 Å². The molecule has 0 radical (unpaired) electrons. The molecule has 2 atom stereocenters. The topological polar surface area (TPSA) is 68.0 Å². The number of nitrogens with zero attached hydrogens (tertiary/aromatic N) is 1. The number of aromatic nitrogens is 1. The van der Waals surface area contributed by atoms with Crippen molar-refractivity contribution in [2.24, 2.45) is 11.7 Å². The molecule has 0 bridgehead atoms. The molecule has 22 heavy (non-hydrogen) atoms. The van der Waals surface area contributed by atoms with E-state index in [1.54, 1.807) is 11.3 Å². The van der Waals surface area contributed by atoms with Crippen LogP contribution in [0.4, 0.5) is 5.13 Å². The number of hydrogen-bond acceptors (Lipinski definition) is 5. The number of nitrogens with two attached hydrogens (primary N) is 1. The second kappa shape index (κ2) is 7.55. The lowest BCUT2D eigenvalue weighted by atomic mass is 9.86. The summed E-state index contributed by atoms with van der Waals surface area (Å²) in [5, 5.41) is 5.62. The number of carbonyl (C=O) groups excluding carboxylic acids is 1. The fourth-order valence-corrected chi connectivity index (χ4v) is 4.31. The van der Waals surface area contributed by atoms with Gasteiger partial charge in [-0.05, 0) is 38.3 Å². The highest BCUT2D eigenvalue weighted by atomic mass is 35.5. The molecule has 1 aliphatic carbocycles. The quantitative estimate of drug-likeness (QED) is 0.870. The van der Waals surface area contributed by atoms with Crippen LogP contribution in [0.3, 0.4) is 0 Å². The Balaban J connectivity index is 0.00000176. The molecule has 7 heteroatoms. The van der Waals surface area contributed by atoms with Gasteiger partial charge in [0.15, 0.2) is 5.13 Å². The van der Waals surface area contributed by atoms with Crippen molar-refractivity contribution < 1.29 is 4.79 Å². The molecule has 4 nitrogen and oxygen atoms in total. The molecule has 1 fully saturated rings. The molecule has 3 N–H and O–H groups in total. The Morgan fingerprint density at radius 2 is 2.23 bits per heavy atom. The van der Waals surface area contributed by atoms with E-state index in [-0.39, 0.29) is 30.3 Å². The average Bonchev–Trinajstić information content (AvgIpc) is 3.07. The van der Waals surface area contributed by atoms with Gasteiger partial charge in [-0.3, -0.25) is 4.79 Å². The SMILES string of the molecule is Cc1ccc(-c2csc(NC(=O)C3CCCC(N)C3)n2)s1.Cl. The van der Waals surface area contributed by atoms with E-state index in [0.717, 1.165) is 36.3 Å². The van der Waals surface area contributed by atoms with Crippen molar-refractivity contribution in [1.29, 1.82) is 0 Å². The van der Waals surface area contributed by atoms with Crippen molar-refractivity contribution in [3.8, 4) is 10.6 Å². The zero-order chi connectivity index (χ0) is 14.8. The van der Waals surface area contributed by atoms with Crippen molar-refractivity contribution >= 4 is 46.1 Å². The Morgan fingerprint density at radius 3 is 2.91 bits per heavy atom. The fourth-order valence-electron chi connectivity index (χ4n) is 2.69. The van der Waals surface area contributed by atoms with Crippen LogP contribution < -0.4 is 11.1 Å². The number of hydrogen-bond donors (Lipinski definition) is 2. The van der Waals surface area contributed by atoms with Gasteiger partial charge >= 0.3 is 0 Å². The Bertz CT molecular complexity index is 640. The van der Waals surface area contributed by atoms with Crippen LogP contribution in [0.1, 0.15) is 30.6 Å². The molecule has 0 saturated heterocycles. The molecule has 0 spiro atoms. The summed E-state index contributed by atoms with van der Waals surface area (Å²) in [7, 11) is 0. The summed E-state index contributed by atoms with van der Waals surface area (Å²) in [5.41, 5.74) is 6.89. The number of aryl methyl sites for hydroxylation is 1. The van der Waals surface area contributed by atoms with Gasteiger partial charge in [0, 0.05) is 22.2 Å². The monoisotopic (exact) mass is 357 g/mol. The summed E-state index contributed by atoms with van der Waals surface area (Å²) >= 11 is 3.20. The minimum atomic E-state index is 0. The van der Waals surface area contributed by atoms with E-state index in [0.29, 0.717) is 5.13 Å². The highest BCUT2D eigenvalue weighted by Gasteiger charge is 2.25. The van der Waals surface area contributed by atoms with E-state index in [1.165, 1.54) is 16.2 Å². The molecule has 2 aromatic heterocycles. The van der Waals surface area contributed by atoms with Crippen LogP contribution in [0, 0.1) is 12.8 Å². The van der Waals surface area contributed by atoms with Crippen LogP contribution >= 0.6 is 35.1 Å². The van der Waals surface area contributed by atoms with E-state index in [2.05, 4.69) is 29.4 Å². The second-order valence-corrected chi connectivity index (χ2v) is 7.71. The number of thiazole rings is 1. The van der Waals surface area contributed by atoms with Gasteiger partial charge in [-0.1, -0.05) is 6.42 Å². The van der Waals surface area contributed by atoms with E-state index in [9.17, 15) is 4.79 Å². The van der Waals surface area contributed by atoms with Gasteiger partial charge in [-0.2, -0.15) is 0 Å². The first kappa shape index (κ1) is 17.4. The van der Waals surface area contributed by atoms with Crippen molar-refractivity contribution in [1.82, 2.24) is 4.98 Å². The minimum absolute atomic E-state index is 0. The zero-order valence-electron chi connectivity index (χ0n) is 12.4.